The van der Waals surface area contributed by atoms with E-state index in [1.54, 1.807) is 6.07 Å². The van der Waals surface area contributed by atoms with Crippen LogP contribution in [0.3, 0.4) is 0 Å². The number of primary amides is 1. The summed E-state index contributed by atoms with van der Waals surface area (Å²) in [6.07, 6.45) is 0. The summed E-state index contributed by atoms with van der Waals surface area (Å²) < 4.78 is 0. The summed E-state index contributed by atoms with van der Waals surface area (Å²) in [7, 11) is 0. The van der Waals surface area contributed by atoms with E-state index in [2.05, 4.69) is 0 Å². The average molecular weight is 178 g/mol. The van der Waals surface area contributed by atoms with E-state index >= 15 is 0 Å². The highest BCUT2D eigenvalue weighted by atomic mass is 16.1. The van der Waals surface area contributed by atoms with Crippen molar-refractivity contribution in [2.45, 2.75) is 6.92 Å². The third kappa shape index (κ3) is 1.84. The van der Waals surface area contributed by atoms with Crippen LogP contribution in [0.4, 0.5) is 5.69 Å². The van der Waals surface area contributed by atoms with Crippen LogP contribution >= 0.6 is 0 Å². The molecule has 0 spiro atoms. The van der Waals surface area contributed by atoms with Crippen LogP contribution < -0.4 is 11.5 Å². The number of carbonyl (C=O) groups excluding carboxylic acids is 2. The highest BCUT2D eigenvalue weighted by Gasteiger charge is 2.08. The molecule has 0 heterocycles. The van der Waals surface area contributed by atoms with Crippen LogP contribution in [0.25, 0.3) is 0 Å². The van der Waals surface area contributed by atoms with E-state index < -0.39 is 5.91 Å². The number of ketones is 1. The van der Waals surface area contributed by atoms with Gasteiger partial charge in [0.05, 0.1) is 5.56 Å². The zero-order valence-electron chi connectivity index (χ0n) is 7.20. The molecule has 0 aliphatic heterocycles. The maximum absolute atomic E-state index is 10.9. The SMILES string of the molecule is CC(=O)c1ccc(N)c(C(N)=O)c1. The Balaban J connectivity index is 3.27. The number of Topliss-reactive ketones (excluding diaryl/α,β-unsaturated/α-hetero) is 1. The molecule has 68 valence electrons. The van der Waals surface area contributed by atoms with Gasteiger partial charge in [-0.1, -0.05) is 0 Å². The normalized spacial score (nSPS) is 9.62. The van der Waals surface area contributed by atoms with Crippen LogP contribution in [0.15, 0.2) is 18.2 Å². The minimum atomic E-state index is -0.624. The van der Waals surface area contributed by atoms with Gasteiger partial charge in [0.1, 0.15) is 0 Å². The second-order valence-electron chi connectivity index (χ2n) is 2.72. The third-order valence-electron chi connectivity index (χ3n) is 1.73. The van der Waals surface area contributed by atoms with Gasteiger partial charge in [-0.3, -0.25) is 9.59 Å². The van der Waals surface area contributed by atoms with Gasteiger partial charge in [0.2, 0.25) is 0 Å². The molecule has 0 bridgehead atoms. The molecule has 4 nitrogen and oxygen atoms in total. The Morgan fingerprint density at radius 1 is 1.31 bits per heavy atom. The molecule has 0 unspecified atom stereocenters. The Morgan fingerprint density at radius 2 is 1.92 bits per heavy atom. The summed E-state index contributed by atoms with van der Waals surface area (Å²) >= 11 is 0. The minimum absolute atomic E-state index is 0.123. The lowest BCUT2D eigenvalue weighted by Crippen LogP contribution is -2.14. The van der Waals surface area contributed by atoms with Crippen molar-refractivity contribution in [1.29, 1.82) is 0 Å². The number of benzene rings is 1. The molecule has 0 aromatic heterocycles. The van der Waals surface area contributed by atoms with Gasteiger partial charge in [0.15, 0.2) is 5.78 Å². The predicted molar refractivity (Wildman–Crippen MR) is 49.4 cm³/mol. The molecule has 4 N–H and O–H groups in total. The van der Waals surface area contributed by atoms with E-state index in [0.717, 1.165) is 0 Å². The van der Waals surface area contributed by atoms with Gasteiger partial charge in [0, 0.05) is 11.3 Å². The van der Waals surface area contributed by atoms with Crippen LogP contribution in [0.5, 0.6) is 0 Å². The smallest absolute Gasteiger partial charge is 0.250 e. The first kappa shape index (κ1) is 9.25. The van der Waals surface area contributed by atoms with E-state index in [0.29, 0.717) is 5.56 Å². The maximum Gasteiger partial charge on any atom is 0.250 e. The van der Waals surface area contributed by atoms with Crippen molar-refractivity contribution in [2.24, 2.45) is 5.73 Å². The predicted octanol–water partition coefficient (Wildman–Crippen LogP) is 0.570. The lowest BCUT2D eigenvalue weighted by Gasteiger charge is -2.02. The number of hydrogen-bond acceptors (Lipinski definition) is 3. The monoisotopic (exact) mass is 178 g/mol. The molecule has 1 aromatic rings. The van der Waals surface area contributed by atoms with E-state index in [4.69, 9.17) is 11.5 Å². The number of carbonyl (C=O) groups is 2. The summed E-state index contributed by atoms with van der Waals surface area (Å²) in [4.78, 5) is 21.8. The topological polar surface area (TPSA) is 86.2 Å². The Labute approximate surface area is 75.5 Å². The molecule has 1 rings (SSSR count). The molecular weight excluding hydrogens is 168 g/mol. The lowest BCUT2D eigenvalue weighted by molar-refractivity contribution is 0.100. The van der Waals surface area contributed by atoms with Crippen molar-refractivity contribution in [3.05, 3.63) is 29.3 Å². The second-order valence-corrected chi connectivity index (χ2v) is 2.72. The standard InChI is InChI=1S/C9H10N2O2/c1-5(12)6-2-3-8(10)7(4-6)9(11)13/h2-4H,10H2,1H3,(H2,11,13). The minimum Gasteiger partial charge on any atom is -0.398 e. The highest BCUT2D eigenvalue weighted by Crippen LogP contribution is 2.13. The molecule has 0 radical (unpaired) electrons. The Kier molecular flexibility index (Phi) is 2.32. The van der Waals surface area contributed by atoms with Gasteiger partial charge in [-0.05, 0) is 25.1 Å². The Morgan fingerprint density at radius 3 is 2.38 bits per heavy atom. The molecule has 13 heavy (non-hydrogen) atoms. The number of hydrogen-bond donors (Lipinski definition) is 2. The fraction of sp³-hybridized carbons (Fsp3) is 0.111. The van der Waals surface area contributed by atoms with Crippen molar-refractivity contribution in [3.63, 3.8) is 0 Å². The highest BCUT2D eigenvalue weighted by molar-refractivity contribution is 6.02. The number of nitrogens with two attached hydrogens (primary N) is 2. The number of nitrogen functional groups attached to an aromatic ring is 1. The zero-order chi connectivity index (χ0) is 10.0. The maximum atomic E-state index is 10.9. The largest absolute Gasteiger partial charge is 0.398 e. The summed E-state index contributed by atoms with van der Waals surface area (Å²) in [5.74, 6) is -0.747. The van der Waals surface area contributed by atoms with Crippen LogP contribution in [0, 0.1) is 0 Å². The van der Waals surface area contributed by atoms with E-state index in [1.165, 1.54) is 19.1 Å². The molecule has 4 heteroatoms. The van der Waals surface area contributed by atoms with Gasteiger partial charge < -0.3 is 11.5 Å². The van der Waals surface area contributed by atoms with Crippen molar-refractivity contribution in [2.75, 3.05) is 5.73 Å². The van der Waals surface area contributed by atoms with Crippen molar-refractivity contribution in [3.8, 4) is 0 Å². The molecule has 0 aliphatic rings. The second kappa shape index (κ2) is 3.26. The first-order chi connectivity index (χ1) is 6.02. The molecular formula is C9H10N2O2. The quantitative estimate of drug-likeness (QED) is 0.512. The first-order valence-electron chi connectivity index (χ1n) is 3.72. The van der Waals surface area contributed by atoms with Crippen LogP contribution in [-0.4, -0.2) is 11.7 Å². The Bertz CT molecular complexity index is 372. The van der Waals surface area contributed by atoms with Crippen molar-refractivity contribution < 1.29 is 9.59 Å². The number of anilines is 1. The fourth-order valence-electron chi connectivity index (χ4n) is 0.989. The van der Waals surface area contributed by atoms with E-state index in [-0.39, 0.29) is 17.0 Å². The molecule has 0 atom stereocenters. The molecule has 0 aliphatic carbocycles. The molecule has 0 fully saturated rings. The van der Waals surface area contributed by atoms with E-state index in [9.17, 15) is 9.59 Å². The van der Waals surface area contributed by atoms with Crippen LogP contribution in [0.2, 0.25) is 0 Å². The van der Waals surface area contributed by atoms with Gasteiger partial charge in [-0.2, -0.15) is 0 Å². The van der Waals surface area contributed by atoms with Gasteiger partial charge >= 0.3 is 0 Å². The molecule has 1 aromatic carbocycles. The zero-order valence-corrected chi connectivity index (χ0v) is 7.20. The summed E-state index contributed by atoms with van der Waals surface area (Å²) in [5, 5.41) is 0. The van der Waals surface area contributed by atoms with E-state index in [1.807, 2.05) is 0 Å². The Hall–Kier alpha value is -1.84. The lowest BCUT2D eigenvalue weighted by atomic mass is 10.1. The van der Waals surface area contributed by atoms with Crippen molar-refractivity contribution in [1.82, 2.24) is 0 Å². The van der Waals surface area contributed by atoms with Crippen LogP contribution in [-0.2, 0) is 0 Å². The van der Waals surface area contributed by atoms with Crippen molar-refractivity contribution >= 4 is 17.4 Å². The third-order valence-corrected chi connectivity index (χ3v) is 1.73. The summed E-state index contributed by atoms with van der Waals surface area (Å²) in [6.45, 7) is 1.41. The summed E-state index contributed by atoms with van der Waals surface area (Å²) in [5.41, 5.74) is 11.4. The van der Waals surface area contributed by atoms with Gasteiger partial charge in [0.25, 0.3) is 5.91 Å². The average Bonchev–Trinajstić information content (AvgIpc) is 2.04. The van der Waals surface area contributed by atoms with Crippen LogP contribution in [0.1, 0.15) is 27.6 Å². The van der Waals surface area contributed by atoms with Gasteiger partial charge in [-0.15, -0.1) is 0 Å². The first-order valence-corrected chi connectivity index (χ1v) is 3.72. The summed E-state index contributed by atoms with van der Waals surface area (Å²) in [6, 6.07) is 4.46. The number of amides is 1. The molecule has 0 saturated heterocycles. The fourth-order valence-corrected chi connectivity index (χ4v) is 0.989. The molecule has 1 amide bonds. The number of rotatable bonds is 2. The molecule has 0 saturated carbocycles. The van der Waals surface area contributed by atoms with Gasteiger partial charge in [-0.25, -0.2) is 0 Å².